The first-order valence-corrected chi connectivity index (χ1v) is 7.41. The fourth-order valence-electron chi connectivity index (χ4n) is 1.54. The molecule has 2 rings (SSSR count). The molecule has 0 bridgehead atoms. The Hall–Kier alpha value is -2.05. The summed E-state index contributed by atoms with van der Waals surface area (Å²) in [5.41, 5.74) is 2.82. The zero-order valence-corrected chi connectivity index (χ0v) is 13.6. The third-order valence-corrected chi connectivity index (χ3v) is 3.44. The maximum Gasteiger partial charge on any atom is 0.277 e. The highest BCUT2D eigenvalue weighted by Gasteiger charge is 2.05. The van der Waals surface area contributed by atoms with Crippen molar-refractivity contribution in [2.45, 2.75) is 0 Å². The number of ether oxygens (including phenoxy) is 1. The Balaban J connectivity index is 1.84. The number of para-hydroxylation sites is 1. The number of carbonyl (C=O) groups excluding carboxylic acids is 1. The highest BCUT2D eigenvalue weighted by Crippen LogP contribution is 2.27. The molecule has 22 heavy (non-hydrogen) atoms. The van der Waals surface area contributed by atoms with Gasteiger partial charge in [-0.3, -0.25) is 4.79 Å². The van der Waals surface area contributed by atoms with Crippen LogP contribution in [0, 0.1) is 0 Å². The molecule has 0 atom stereocenters. The van der Waals surface area contributed by atoms with Gasteiger partial charge in [0.25, 0.3) is 5.91 Å². The van der Waals surface area contributed by atoms with Gasteiger partial charge in [0.1, 0.15) is 11.5 Å². The monoisotopic (exact) mass is 382 g/mol. The van der Waals surface area contributed by atoms with Gasteiger partial charge in [0.15, 0.2) is 6.61 Å². The summed E-state index contributed by atoms with van der Waals surface area (Å²) >= 11 is 9.10. The van der Waals surface area contributed by atoms with Crippen LogP contribution in [0.2, 0.25) is 5.02 Å². The lowest BCUT2D eigenvalue weighted by molar-refractivity contribution is -0.123. The smallest absolute Gasteiger partial charge is 0.277 e. The number of benzene rings is 2. The van der Waals surface area contributed by atoms with Crippen molar-refractivity contribution in [2.24, 2.45) is 5.10 Å². The molecule has 0 saturated carbocycles. The number of aromatic hydroxyl groups is 1. The van der Waals surface area contributed by atoms with Crippen LogP contribution in [0.15, 0.2) is 52.0 Å². The van der Waals surface area contributed by atoms with Gasteiger partial charge in [-0.25, -0.2) is 5.43 Å². The summed E-state index contributed by atoms with van der Waals surface area (Å²) in [6.07, 6.45) is 1.35. The molecule has 114 valence electrons. The minimum absolute atomic E-state index is 0.0850. The predicted octanol–water partition coefficient (Wildman–Crippen LogP) is 3.34. The van der Waals surface area contributed by atoms with E-state index in [0.717, 1.165) is 0 Å². The maximum absolute atomic E-state index is 11.6. The molecule has 0 spiro atoms. The number of phenols is 1. The summed E-state index contributed by atoms with van der Waals surface area (Å²) in [6.45, 7) is -0.196. The Morgan fingerprint density at radius 3 is 2.86 bits per heavy atom. The van der Waals surface area contributed by atoms with E-state index in [2.05, 4.69) is 26.5 Å². The molecule has 5 nitrogen and oxygen atoms in total. The van der Waals surface area contributed by atoms with E-state index in [4.69, 9.17) is 16.3 Å². The zero-order chi connectivity index (χ0) is 15.9. The first-order chi connectivity index (χ1) is 10.6. The van der Waals surface area contributed by atoms with E-state index in [9.17, 15) is 9.90 Å². The van der Waals surface area contributed by atoms with E-state index >= 15 is 0 Å². The third-order valence-electron chi connectivity index (χ3n) is 2.58. The van der Waals surface area contributed by atoms with Gasteiger partial charge in [-0.2, -0.15) is 5.10 Å². The number of nitrogens with one attached hydrogen (secondary N) is 1. The molecule has 0 radical (unpaired) electrons. The number of hydrogen-bond donors (Lipinski definition) is 2. The Morgan fingerprint density at radius 2 is 2.14 bits per heavy atom. The minimum Gasteiger partial charge on any atom is -0.507 e. The number of rotatable bonds is 5. The maximum atomic E-state index is 11.6. The zero-order valence-electron chi connectivity index (χ0n) is 11.3. The first kappa shape index (κ1) is 16.3. The molecular formula is C15H12BrClN2O3. The van der Waals surface area contributed by atoms with Crippen LogP contribution in [0.5, 0.6) is 11.5 Å². The predicted molar refractivity (Wildman–Crippen MR) is 88.5 cm³/mol. The van der Waals surface area contributed by atoms with E-state index in [1.165, 1.54) is 12.3 Å². The second kappa shape index (κ2) is 7.82. The summed E-state index contributed by atoms with van der Waals surface area (Å²) < 4.78 is 6.00. The summed E-state index contributed by atoms with van der Waals surface area (Å²) in [6, 6.07) is 11.6. The van der Waals surface area contributed by atoms with Gasteiger partial charge in [-0.1, -0.05) is 23.7 Å². The highest BCUT2D eigenvalue weighted by atomic mass is 79.9. The van der Waals surface area contributed by atoms with Gasteiger partial charge < -0.3 is 9.84 Å². The molecule has 1 amide bonds. The minimum atomic E-state index is -0.423. The fraction of sp³-hybridized carbons (Fsp3) is 0.0667. The van der Waals surface area contributed by atoms with Crippen LogP contribution in [0.4, 0.5) is 0 Å². The second-order valence-electron chi connectivity index (χ2n) is 4.22. The molecule has 0 heterocycles. The van der Waals surface area contributed by atoms with Crippen LogP contribution in [-0.2, 0) is 4.79 Å². The second-order valence-corrected chi connectivity index (χ2v) is 5.51. The largest absolute Gasteiger partial charge is 0.507 e. The number of halogens is 2. The Kier molecular flexibility index (Phi) is 5.80. The lowest BCUT2D eigenvalue weighted by atomic mass is 10.2. The van der Waals surface area contributed by atoms with Crippen molar-refractivity contribution in [1.82, 2.24) is 5.43 Å². The van der Waals surface area contributed by atoms with Crippen molar-refractivity contribution < 1.29 is 14.6 Å². The fourth-order valence-corrected chi connectivity index (χ4v) is 2.34. The Bertz CT molecular complexity index is 707. The number of carbonyl (C=O) groups is 1. The van der Waals surface area contributed by atoms with Crippen molar-refractivity contribution in [3.05, 3.63) is 57.5 Å². The number of amides is 1. The molecule has 0 fully saturated rings. The Labute approximate surface area is 140 Å². The van der Waals surface area contributed by atoms with Crippen LogP contribution in [0.1, 0.15) is 5.56 Å². The SMILES string of the molecule is O=C(COc1ccc(Cl)cc1Br)NN=Cc1ccccc1O. The van der Waals surface area contributed by atoms with Crippen molar-refractivity contribution >= 4 is 39.7 Å². The summed E-state index contributed by atoms with van der Waals surface area (Å²) in [4.78, 5) is 11.6. The molecule has 2 N–H and O–H groups in total. The normalized spacial score (nSPS) is 10.6. The van der Waals surface area contributed by atoms with Crippen LogP contribution < -0.4 is 10.2 Å². The molecule has 0 unspecified atom stereocenters. The van der Waals surface area contributed by atoms with E-state index < -0.39 is 5.91 Å². The topological polar surface area (TPSA) is 70.9 Å². The van der Waals surface area contributed by atoms with Crippen LogP contribution >= 0.6 is 27.5 Å². The van der Waals surface area contributed by atoms with E-state index in [1.54, 1.807) is 36.4 Å². The number of phenolic OH excluding ortho intramolecular Hbond substituents is 1. The molecular weight excluding hydrogens is 372 g/mol. The van der Waals surface area contributed by atoms with E-state index in [1.807, 2.05) is 0 Å². The van der Waals surface area contributed by atoms with E-state index in [-0.39, 0.29) is 12.4 Å². The lowest BCUT2D eigenvalue weighted by Crippen LogP contribution is -2.24. The molecule has 0 aliphatic rings. The molecule has 7 heteroatoms. The average Bonchev–Trinajstić information content (AvgIpc) is 2.48. The van der Waals surface area contributed by atoms with Gasteiger partial charge >= 0.3 is 0 Å². The average molecular weight is 384 g/mol. The van der Waals surface area contributed by atoms with Gasteiger partial charge in [0.05, 0.1) is 10.7 Å². The van der Waals surface area contributed by atoms with Gasteiger partial charge in [-0.05, 0) is 46.3 Å². The summed E-state index contributed by atoms with van der Waals surface area (Å²) in [5.74, 6) is 0.166. The molecule has 0 aromatic heterocycles. The quantitative estimate of drug-likeness (QED) is 0.614. The first-order valence-electron chi connectivity index (χ1n) is 6.24. The summed E-state index contributed by atoms with van der Waals surface area (Å²) in [5, 5.41) is 13.9. The van der Waals surface area contributed by atoms with Crippen LogP contribution in [-0.4, -0.2) is 23.8 Å². The number of hydrazone groups is 1. The van der Waals surface area contributed by atoms with Gasteiger partial charge in [0.2, 0.25) is 0 Å². The highest BCUT2D eigenvalue weighted by molar-refractivity contribution is 9.10. The number of nitrogens with zero attached hydrogens (tertiary/aromatic N) is 1. The van der Waals surface area contributed by atoms with Crippen LogP contribution in [0.25, 0.3) is 0 Å². The lowest BCUT2D eigenvalue weighted by Gasteiger charge is -2.07. The number of hydrogen-bond acceptors (Lipinski definition) is 4. The van der Waals surface area contributed by atoms with Crippen molar-refractivity contribution in [1.29, 1.82) is 0 Å². The van der Waals surface area contributed by atoms with Crippen molar-refractivity contribution in [3.63, 3.8) is 0 Å². The molecule has 2 aromatic carbocycles. The standard InChI is InChI=1S/C15H12BrClN2O3/c16-12-7-11(17)5-6-14(12)22-9-15(21)19-18-8-10-3-1-2-4-13(10)20/h1-8,20H,9H2,(H,19,21). The summed E-state index contributed by atoms with van der Waals surface area (Å²) in [7, 11) is 0. The molecule has 2 aromatic rings. The van der Waals surface area contributed by atoms with Crippen LogP contribution in [0.3, 0.4) is 0 Å². The van der Waals surface area contributed by atoms with Gasteiger partial charge in [0, 0.05) is 10.6 Å². The Morgan fingerprint density at radius 1 is 1.36 bits per heavy atom. The molecule has 0 aliphatic carbocycles. The molecule has 0 saturated heterocycles. The van der Waals surface area contributed by atoms with E-state index in [0.29, 0.717) is 20.8 Å². The molecule has 0 aliphatic heterocycles. The van der Waals surface area contributed by atoms with Gasteiger partial charge in [-0.15, -0.1) is 0 Å². The third kappa shape index (κ3) is 4.75. The van der Waals surface area contributed by atoms with Crippen molar-refractivity contribution in [2.75, 3.05) is 6.61 Å². The van der Waals surface area contributed by atoms with Crippen molar-refractivity contribution in [3.8, 4) is 11.5 Å².